The number of nitrogens with one attached hydrogen (secondary N) is 1. The first kappa shape index (κ1) is 13.7. The Balaban J connectivity index is 1.99. The number of aromatic nitrogens is 2. The summed E-state index contributed by atoms with van der Waals surface area (Å²) in [6, 6.07) is 10.7. The Kier molecular flexibility index (Phi) is 3.66. The van der Waals surface area contributed by atoms with Crippen LogP contribution in [0.2, 0.25) is 0 Å². The third kappa shape index (κ3) is 2.78. The van der Waals surface area contributed by atoms with Crippen molar-refractivity contribution < 1.29 is 8.91 Å². The first-order chi connectivity index (χ1) is 10.1. The summed E-state index contributed by atoms with van der Waals surface area (Å²) in [7, 11) is 0. The van der Waals surface area contributed by atoms with Gasteiger partial charge in [-0.05, 0) is 17.5 Å². The number of hydrogen-bond donors (Lipinski definition) is 1. The molecule has 0 atom stereocenters. The van der Waals surface area contributed by atoms with E-state index in [1.54, 1.807) is 18.2 Å². The summed E-state index contributed by atoms with van der Waals surface area (Å²) in [5, 5.41) is 8.50. The van der Waals surface area contributed by atoms with Gasteiger partial charge in [0, 0.05) is 17.0 Å². The molecule has 0 aliphatic rings. The molecule has 3 rings (SSSR count). The Morgan fingerprint density at radius 3 is 2.67 bits per heavy atom. The monoisotopic (exact) mass is 285 g/mol. The molecule has 4 nitrogen and oxygen atoms in total. The van der Waals surface area contributed by atoms with Crippen LogP contribution in [-0.2, 0) is 6.54 Å². The van der Waals surface area contributed by atoms with Crippen molar-refractivity contribution in [2.24, 2.45) is 0 Å². The third-order valence-corrected chi connectivity index (χ3v) is 3.24. The van der Waals surface area contributed by atoms with Crippen LogP contribution in [0.1, 0.15) is 19.7 Å². The highest BCUT2D eigenvalue weighted by atomic mass is 19.1. The Labute approximate surface area is 122 Å². The highest BCUT2D eigenvalue weighted by Crippen LogP contribution is 2.29. The van der Waals surface area contributed by atoms with Crippen LogP contribution in [-0.4, -0.2) is 16.2 Å². The second-order valence-electron chi connectivity index (χ2n) is 5.19. The summed E-state index contributed by atoms with van der Waals surface area (Å²) >= 11 is 0. The molecular formula is C16H16FN3O. The second-order valence-corrected chi connectivity index (χ2v) is 5.19. The SMILES string of the molecule is CC(C)NCc1noc(-c2ccc(F)c3ccccc23)n1. The van der Waals surface area contributed by atoms with Gasteiger partial charge in [-0.25, -0.2) is 4.39 Å². The summed E-state index contributed by atoms with van der Waals surface area (Å²) < 4.78 is 19.1. The van der Waals surface area contributed by atoms with E-state index in [2.05, 4.69) is 29.3 Å². The van der Waals surface area contributed by atoms with E-state index in [0.717, 1.165) is 10.9 Å². The molecule has 1 heterocycles. The van der Waals surface area contributed by atoms with E-state index in [1.807, 2.05) is 12.1 Å². The smallest absolute Gasteiger partial charge is 0.258 e. The van der Waals surface area contributed by atoms with Crippen LogP contribution >= 0.6 is 0 Å². The van der Waals surface area contributed by atoms with E-state index in [0.29, 0.717) is 29.7 Å². The van der Waals surface area contributed by atoms with E-state index in [1.165, 1.54) is 6.07 Å². The molecule has 0 fully saturated rings. The molecule has 0 aliphatic carbocycles. The molecule has 2 aromatic carbocycles. The summed E-state index contributed by atoms with van der Waals surface area (Å²) in [6.45, 7) is 4.64. The molecule has 0 saturated heterocycles. The maximum absolute atomic E-state index is 13.8. The lowest BCUT2D eigenvalue weighted by Gasteiger charge is -2.04. The molecule has 0 aliphatic heterocycles. The summed E-state index contributed by atoms with van der Waals surface area (Å²) in [4.78, 5) is 4.37. The van der Waals surface area contributed by atoms with Crippen molar-refractivity contribution in [1.29, 1.82) is 0 Å². The van der Waals surface area contributed by atoms with Crippen molar-refractivity contribution in [3.63, 3.8) is 0 Å². The van der Waals surface area contributed by atoms with Gasteiger partial charge < -0.3 is 9.84 Å². The summed E-state index contributed by atoms with van der Waals surface area (Å²) in [5.74, 6) is 0.745. The van der Waals surface area contributed by atoms with Crippen LogP contribution in [0, 0.1) is 5.82 Å². The Hall–Kier alpha value is -2.27. The fourth-order valence-electron chi connectivity index (χ4n) is 2.18. The van der Waals surface area contributed by atoms with Crippen LogP contribution < -0.4 is 5.32 Å². The molecule has 0 spiro atoms. The van der Waals surface area contributed by atoms with Gasteiger partial charge in [-0.15, -0.1) is 0 Å². The zero-order chi connectivity index (χ0) is 14.8. The van der Waals surface area contributed by atoms with Crippen LogP contribution in [0.3, 0.4) is 0 Å². The highest BCUT2D eigenvalue weighted by Gasteiger charge is 2.13. The van der Waals surface area contributed by atoms with Gasteiger partial charge in [-0.3, -0.25) is 0 Å². The predicted octanol–water partition coefficient (Wildman–Crippen LogP) is 3.53. The molecule has 1 aromatic heterocycles. The quantitative estimate of drug-likeness (QED) is 0.796. The molecular weight excluding hydrogens is 269 g/mol. The van der Waals surface area contributed by atoms with Gasteiger partial charge >= 0.3 is 0 Å². The minimum Gasteiger partial charge on any atom is -0.334 e. The van der Waals surface area contributed by atoms with Gasteiger partial charge in [-0.1, -0.05) is 43.3 Å². The molecule has 0 bridgehead atoms. The van der Waals surface area contributed by atoms with E-state index in [9.17, 15) is 4.39 Å². The molecule has 3 aromatic rings. The second kappa shape index (κ2) is 5.61. The average molecular weight is 285 g/mol. The zero-order valence-electron chi connectivity index (χ0n) is 11.9. The normalized spacial score (nSPS) is 11.4. The average Bonchev–Trinajstić information content (AvgIpc) is 2.94. The van der Waals surface area contributed by atoms with E-state index < -0.39 is 0 Å². The maximum atomic E-state index is 13.8. The number of fused-ring (bicyclic) bond motifs is 1. The molecule has 0 amide bonds. The van der Waals surface area contributed by atoms with Crippen LogP contribution in [0.25, 0.3) is 22.2 Å². The molecule has 0 saturated carbocycles. The van der Waals surface area contributed by atoms with Crippen LogP contribution in [0.15, 0.2) is 40.9 Å². The summed E-state index contributed by atoms with van der Waals surface area (Å²) in [6.07, 6.45) is 0. The lowest BCUT2D eigenvalue weighted by atomic mass is 10.0. The predicted molar refractivity (Wildman–Crippen MR) is 79.2 cm³/mol. The number of nitrogens with zero attached hydrogens (tertiary/aromatic N) is 2. The van der Waals surface area contributed by atoms with Crippen LogP contribution in [0.4, 0.5) is 4.39 Å². The van der Waals surface area contributed by atoms with Gasteiger partial charge in [0.1, 0.15) is 5.82 Å². The lowest BCUT2D eigenvalue weighted by Crippen LogP contribution is -2.22. The van der Waals surface area contributed by atoms with Gasteiger partial charge in [0.15, 0.2) is 5.82 Å². The minimum atomic E-state index is -0.254. The maximum Gasteiger partial charge on any atom is 0.258 e. The zero-order valence-corrected chi connectivity index (χ0v) is 11.9. The first-order valence-electron chi connectivity index (χ1n) is 6.89. The molecule has 108 valence electrons. The van der Waals surface area contributed by atoms with Gasteiger partial charge in [0.25, 0.3) is 5.89 Å². The van der Waals surface area contributed by atoms with Gasteiger partial charge in [0.05, 0.1) is 6.54 Å². The van der Waals surface area contributed by atoms with Crippen molar-refractivity contribution in [3.05, 3.63) is 48.0 Å². The number of rotatable bonds is 4. The molecule has 1 N–H and O–H groups in total. The van der Waals surface area contributed by atoms with Crippen molar-refractivity contribution >= 4 is 10.8 Å². The van der Waals surface area contributed by atoms with Crippen molar-refractivity contribution in [2.45, 2.75) is 26.4 Å². The van der Waals surface area contributed by atoms with E-state index in [4.69, 9.17) is 4.52 Å². The number of halogens is 1. The Bertz CT molecular complexity index is 767. The summed E-state index contributed by atoms with van der Waals surface area (Å²) in [5.41, 5.74) is 0.746. The molecule has 21 heavy (non-hydrogen) atoms. The number of hydrogen-bond acceptors (Lipinski definition) is 4. The van der Waals surface area contributed by atoms with Crippen molar-refractivity contribution in [1.82, 2.24) is 15.5 Å². The fraction of sp³-hybridized carbons (Fsp3) is 0.250. The van der Waals surface area contributed by atoms with Crippen molar-refractivity contribution in [2.75, 3.05) is 0 Å². The minimum absolute atomic E-state index is 0.254. The van der Waals surface area contributed by atoms with Crippen LogP contribution in [0.5, 0.6) is 0 Å². The number of benzene rings is 2. The van der Waals surface area contributed by atoms with Gasteiger partial charge in [0.2, 0.25) is 0 Å². The third-order valence-electron chi connectivity index (χ3n) is 3.24. The molecule has 0 unspecified atom stereocenters. The van der Waals surface area contributed by atoms with Crippen molar-refractivity contribution in [3.8, 4) is 11.5 Å². The molecule has 0 radical (unpaired) electrons. The Morgan fingerprint density at radius 2 is 1.90 bits per heavy atom. The lowest BCUT2D eigenvalue weighted by molar-refractivity contribution is 0.417. The largest absolute Gasteiger partial charge is 0.334 e. The van der Waals surface area contributed by atoms with E-state index in [-0.39, 0.29) is 5.82 Å². The standard InChI is InChI=1S/C16H16FN3O/c1-10(2)18-9-15-19-16(21-20-15)13-7-8-14(17)12-6-4-3-5-11(12)13/h3-8,10,18H,9H2,1-2H3. The van der Waals surface area contributed by atoms with E-state index >= 15 is 0 Å². The fourth-order valence-corrected chi connectivity index (χ4v) is 2.18. The topological polar surface area (TPSA) is 51.0 Å². The molecule has 5 heteroatoms. The highest BCUT2D eigenvalue weighted by molar-refractivity contribution is 5.95. The first-order valence-corrected chi connectivity index (χ1v) is 6.89. The van der Waals surface area contributed by atoms with Gasteiger partial charge in [-0.2, -0.15) is 4.98 Å². The Morgan fingerprint density at radius 1 is 1.14 bits per heavy atom.